The summed E-state index contributed by atoms with van der Waals surface area (Å²) < 4.78 is 26.9. The molecule has 6 heteroatoms. The van der Waals surface area contributed by atoms with Crippen molar-refractivity contribution < 1.29 is 13.6 Å². The van der Waals surface area contributed by atoms with Crippen LogP contribution in [0.15, 0.2) is 12.1 Å². The molecule has 0 fully saturated rings. The van der Waals surface area contributed by atoms with E-state index in [1.165, 1.54) is 0 Å². The first kappa shape index (κ1) is 14.4. The zero-order chi connectivity index (χ0) is 13.7. The van der Waals surface area contributed by atoms with Crippen LogP contribution >= 0.6 is 0 Å². The van der Waals surface area contributed by atoms with E-state index >= 15 is 0 Å². The highest BCUT2D eigenvalue weighted by molar-refractivity contribution is 5.95. The fourth-order valence-electron chi connectivity index (χ4n) is 1.38. The molecular formula is C12H17F2N3O. The molecule has 1 amide bonds. The number of halogens is 2. The molecule has 18 heavy (non-hydrogen) atoms. The quantitative estimate of drug-likeness (QED) is 0.780. The van der Waals surface area contributed by atoms with E-state index in [1.54, 1.807) is 0 Å². The molecule has 0 atom stereocenters. The van der Waals surface area contributed by atoms with Gasteiger partial charge in [0.1, 0.15) is 11.4 Å². The molecular weight excluding hydrogens is 240 g/mol. The molecule has 0 spiro atoms. The highest BCUT2D eigenvalue weighted by Crippen LogP contribution is 2.18. The average Bonchev–Trinajstić information content (AvgIpc) is 2.34. The minimum absolute atomic E-state index is 0.243. The van der Waals surface area contributed by atoms with Crippen molar-refractivity contribution >= 4 is 11.6 Å². The van der Waals surface area contributed by atoms with E-state index in [0.717, 1.165) is 18.7 Å². The van der Waals surface area contributed by atoms with Crippen molar-refractivity contribution in [2.24, 2.45) is 0 Å². The van der Waals surface area contributed by atoms with Gasteiger partial charge in [-0.05, 0) is 25.7 Å². The van der Waals surface area contributed by atoms with Gasteiger partial charge in [0.25, 0.3) is 5.91 Å². The predicted molar refractivity (Wildman–Crippen MR) is 66.3 cm³/mol. The summed E-state index contributed by atoms with van der Waals surface area (Å²) in [6.07, 6.45) is 0. The summed E-state index contributed by atoms with van der Waals surface area (Å²) in [4.78, 5) is 13.6. The number of nitrogens with one attached hydrogen (secondary N) is 1. The molecule has 0 aromatic heterocycles. The first-order valence-electron chi connectivity index (χ1n) is 5.67. The van der Waals surface area contributed by atoms with E-state index in [2.05, 4.69) is 5.32 Å². The molecule has 100 valence electrons. The summed E-state index contributed by atoms with van der Waals surface area (Å²) in [5, 5.41) is 2.46. The number of nitrogens with zero attached hydrogens (tertiary/aromatic N) is 1. The van der Waals surface area contributed by atoms with Gasteiger partial charge in [-0.25, -0.2) is 8.78 Å². The Kier molecular flexibility index (Phi) is 5.03. The van der Waals surface area contributed by atoms with Crippen LogP contribution in [0.25, 0.3) is 0 Å². The molecule has 0 saturated heterocycles. The van der Waals surface area contributed by atoms with Crippen LogP contribution in [0.3, 0.4) is 0 Å². The Morgan fingerprint density at radius 2 is 2.11 bits per heavy atom. The van der Waals surface area contributed by atoms with E-state index in [1.807, 2.05) is 18.9 Å². The third-order valence-corrected chi connectivity index (χ3v) is 2.67. The summed E-state index contributed by atoms with van der Waals surface area (Å²) in [6.45, 7) is 3.72. The number of hydrogen-bond acceptors (Lipinski definition) is 3. The lowest BCUT2D eigenvalue weighted by Crippen LogP contribution is -2.33. The first-order valence-corrected chi connectivity index (χ1v) is 5.67. The van der Waals surface area contributed by atoms with Gasteiger partial charge in [0.05, 0.1) is 5.69 Å². The Morgan fingerprint density at radius 1 is 1.44 bits per heavy atom. The number of amides is 1. The number of carbonyl (C=O) groups is 1. The number of hydrogen-bond donors (Lipinski definition) is 2. The van der Waals surface area contributed by atoms with Gasteiger partial charge in [0, 0.05) is 13.1 Å². The lowest BCUT2D eigenvalue weighted by atomic mass is 10.1. The molecule has 0 heterocycles. The highest BCUT2D eigenvalue weighted by Gasteiger charge is 2.19. The lowest BCUT2D eigenvalue weighted by Gasteiger charge is -2.14. The van der Waals surface area contributed by atoms with Crippen LogP contribution in [0.1, 0.15) is 17.3 Å². The van der Waals surface area contributed by atoms with Gasteiger partial charge in [-0.2, -0.15) is 0 Å². The van der Waals surface area contributed by atoms with Gasteiger partial charge in [-0.3, -0.25) is 4.79 Å². The van der Waals surface area contributed by atoms with Crippen LogP contribution in [0.5, 0.6) is 0 Å². The Morgan fingerprint density at radius 3 is 2.72 bits per heavy atom. The topological polar surface area (TPSA) is 58.4 Å². The van der Waals surface area contributed by atoms with E-state index < -0.39 is 23.1 Å². The maximum Gasteiger partial charge on any atom is 0.257 e. The predicted octanol–water partition coefficient (Wildman–Crippen LogP) is 1.23. The average molecular weight is 257 g/mol. The number of nitrogen functional groups attached to an aromatic ring is 1. The molecule has 0 radical (unpaired) electrons. The Balaban J connectivity index is 2.70. The molecule has 1 aromatic carbocycles. The van der Waals surface area contributed by atoms with Crippen molar-refractivity contribution in [3.8, 4) is 0 Å². The minimum atomic E-state index is -1.02. The molecule has 1 aromatic rings. The number of benzene rings is 1. The van der Waals surface area contributed by atoms with E-state index in [0.29, 0.717) is 13.1 Å². The first-order chi connectivity index (χ1) is 8.47. The van der Waals surface area contributed by atoms with Gasteiger partial charge in [0.15, 0.2) is 5.82 Å². The second-order valence-corrected chi connectivity index (χ2v) is 3.98. The van der Waals surface area contributed by atoms with Crippen LogP contribution < -0.4 is 11.1 Å². The second kappa shape index (κ2) is 6.30. The number of carbonyl (C=O) groups excluding carboxylic acids is 1. The van der Waals surface area contributed by atoms with Crippen molar-refractivity contribution in [1.29, 1.82) is 0 Å². The van der Waals surface area contributed by atoms with Crippen molar-refractivity contribution in [2.45, 2.75) is 6.92 Å². The fourth-order valence-corrected chi connectivity index (χ4v) is 1.38. The normalized spacial score (nSPS) is 10.7. The largest absolute Gasteiger partial charge is 0.396 e. The zero-order valence-electron chi connectivity index (χ0n) is 10.5. The molecule has 0 bridgehead atoms. The summed E-state index contributed by atoms with van der Waals surface area (Å²) in [7, 11) is 1.88. The molecule has 0 unspecified atom stereocenters. The van der Waals surface area contributed by atoms with Crippen molar-refractivity contribution in [3.63, 3.8) is 0 Å². The van der Waals surface area contributed by atoms with Crippen molar-refractivity contribution in [3.05, 3.63) is 29.3 Å². The van der Waals surface area contributed by atoms with E-state index in [-0.39, 0.29) is 5.69 Å². The number of likely N-dealkylation sites (N-methyl/N-ethyl adjacent to an activating group) is 1. The Labute approximate surface area is 105 Å². The van der Waals surface area contributed by atoms with Gasteiger partial charge < -0.3 is 16.0 Å². The van der Waals surface area contributed by atoms with Crippen LogP contribution in [-0.4, -0.2) is 37.5 Å². The smallest absolute Gasteiger partial charge is 0.257 e. The maximum absolute atomic E-state index is 13.5. The molecule has 0 saturated carbocycles. The van der Waals surface area contributed by atoms with E-state index in [4.69, 9.17) is 5.73 Å². The third kappa shape index (κ3) is 3.40. The minimum Gasteiger partial charge on any atom is -0.396 e. The molecule has 4 nitrogen and oxygen atoms in total. The number of anilines is 1. The summed E-state index contributed by atoms with van der Waals surface area (Å²) in [5.74, 6) is -2.72. The third-order valence-electron chi connectivity index (χ3n) is 2.67. The lowest BCUT2D eigenvalue weighted by molar-refractivity contribution is 0.0942. The van der Waals surface area contributed by atoms with Gasteiger partial charge in [0.2, 0.25) is 0 Å². The summed E-state index contributed by atoms with van der Waals surface area (Å²) >= 11 is 0. The maximum atomic E-state index is 13.5. The number of rotatable bonds is 5. The molecule has 3 N–H and O–H groups in total. The fraction of sp³-hybridized carbons (Fsp3) is 0.417. The van der Waals surface area contributed by atoms with Gasteiger partial charge in [-0.1, -0.05) is 6.92 Å². The van der Waals surface area contributed by atoms with Crippen LogP contribution in [0.4, 0.5) is 14.5 Å². The van der Waals surface area contributed by atoms with E-state index in [9.17, 15) is 13.6 Å². The molecule has 0 aliphatic heterocycles. The Bertz CT molecular complexity index is 438. The van der Waals surface area contributed by atoms with Crippen molar-refractivity contribution in [2.75, 3.05) is 32.4 Å². The molecule has 1 rings (SSSR count). The monoisotopic (exact) mass is 257 g/mol. The highest BCUT2D eigenvalue weighted by atomic mass is 19.1. The van der Waals surface area contributed by atoms with Crippen LogP contribution in [0, 0.1) is 11.6 Å². The van der Waals surface area contributed by atoms with Crippen LogP contribution in [0.2, 0.25) is 0 Å². The van der Waals surface area contributed by atoms with Gasteiger partial charge >= 0.3 is 0 Å². The van der Waals surface area contributed by atoms with Crippen molar-refractivity contribution in [1.82, 2.24) is 10.2 Å². The number of nitrogens with two attached hydrogens (primary N) is 1. The summed E-state index contributed by atoms with van der Waals surface area (Å²) in [5.41, 5.74) is 4.42. The van der Waals surface area contributed by atoms with Crippen LogP contribution in [-0.2, 0) is 0 Å². The SMILES string of the molecule is CCN(C)CCNC(=O)c1c(F)ccc(N)c1F. The molecule has 0 aliphatic rings. The summed E-state index contributed by atoms with van der Waals surface area (Å²) in [6, 6.07) is 2.07. The zero-order valence-corrected chi connectivity index (χ0v) is 10.5. The second-order valence-electron chi connectivity index (χ2n) is 3.98. The standard InChI is InChI=1S/C12H17F2N3O/c1-3-17(2)7-6-16-12(18)10-8(13)4-5-9(15)11(10)14/h4-5H,3,6-7,15H2,1-2H3,(H,16,18). The van der Waals surface area contributed by atoms with Gasteiger partial charge in [-0.15, -0.1) is 0 Å². The Hall–Kier alpha value is -1.69. The molecule has 0 aliphatic carbocycles.